The summed E-state index contributed by atoms with van der Waals surface area (Å²) in [5.41, 5.74) is -1.12. The van der Waals surface area contributed by atoms with Gasteiger partial charge in [0.25, 0.3) is 0 Å². The van der Waals surface area contributed by atoms with Gasteiger partial charge in [-0.25, -0.2) is 0 Å². The van der Waals surface area contributed by atoms with Gasteiger partial charge in [-0.2, -0.15) is 9.90 Å². The molecule has 0 aliphatic heterocycles. The molecule has 0 spiro atoms. The summed E-state index contributed by atoms with van der Waals surface area (Å²) in [6, 6.07) is 0. The van der Waals surface area contributed by atoms with Crippen LogP contribution in [0.1, 0.15) is 19.5 Å². The molecule has 0 aromatic carbocycles. The molecule has 0 radical (unpaired) electrons. The number of hydrogen-bond donors (Lipinski definition) is 2. The van der Waals surface area contributed by atoms with Crippen LogP contribution in [0.4, 0.5) is 0 Å². The number of aliphatic hydroxyl groups is 1. The smallest absolute Gasteiger partial charge is 0.243 e. The first kappa shape index (κ1) is 17.8. The van der Waals surface area contributed by atoms with Crippen molar-refractivity contribution in [1.82, 2.24) is 40.8 Å². The quantitative estimate of drug-likeness (QED) is 0.696. The summed E-state index contributed by atoms with van der Waals surface area (Å²) in [5.74, 6) is 0.648. The maximum atomic E-state index is 11.3. The SMILES string of the molecule is CC[N+](C)(C)C(n1nnnc1-c1nn[nH]n1)C1(O)C=CC=CC1.[OH-]. The fourth-order valence-corrected chi connectivity index (χ4v) is 2.87. The molecule has 0 amide bonds. The Kier molecular flexibility index (Phi) is 4.87. The summed E-state index contributed by atoms with van der Waals surface area (Å²) < 4.78 is 2.06. The maximum Gasteiger partial charge on any atom is 0.243 e. The number of nitrogens with one attached hydrogen (secondary N) is 1. The van der Waals surface area contributed by atoms with Crippen LogP contribution in [0, 0.1) is 0 Å². The van der Waals surface area contributed by atoms with Gasteiger partial charge in [0, 0.05) is 6.42 Å². The Morgan fingerprint density at radius 3 is 2.75 bits per heavy atom. The Hall–Kier alpha value is -2.50. The molecule has 0 fully saturated rings. The normalized spacial score (nSPS) is 21.5. The van der Waals surface area contributed by atoms with Gasteiger partial charge in [-0.15, -0.1) is 15.3 Å². The largest absolute Gasteiger partial charge is 0.870 e. The molecule has 3 rings (SSSR count). The molecule has 2 atom stereocenters. The zero-order valence-electron chi connectivity index (χ0n) is 13.8. The molecular formula is C13H21N9O2. The van der Waals surface area contributed by atoms with Crippen LogP contribution in [-0.4, -0.2) is 82.1 Å². The topological polar surface area (TPSA) is 148 Å². The molecule has 0 saturated heterocycles. The molecule has 2 unspecified atom stereocenters. The van der Waals surface area contributed by atoms with Crippen molar-refractivity contribution in [2.45, 2.75) is 25.1 Å². The van der Waals surface area contributed by atoms with Crippen LogP contribution >= 0.6 is 0 Å². The second kappa shape index (κ2) is 6.55. The van der Waals surface area contributed by atoms with E-state index in [-0.39, 0.29) is 11.3 Å². The van der Waals surface area contributed by atoms with E-state index in [1.807, 2.05) is 32.3 Å². The highest BCUT2D eigenvalue weighted by molar-refractivity contribution is 5.40. The van der Waals surface area contributed by atoms with Crippen LogP contribution in [0.3, 0.4) is 0 Å². The standard InChI is InChI=1S/C13H20N9O.H2O/c1-4-22(2,3)12(13(23)8-6-5-7-9-13)21-11(16-19-20-21)10-14-17-18-15-10;/h5-8,12,23H,4,9H2,1-3H3,(H,14,15,17,18);1H2/q+1;/p-1. The van der Waals surface area contributed by atoms with E-state index in [0.717, 1.165) is 6.54 Å². The second-order valence-electron chi connectivity index (χ2n) is 6.13. The lowest BCUT2D eigenvalue weighted by Gasteiger charge is -2.44. The number of tetrazole rings is 2. The van der Waals surface area contributed by atoms with Gasteiger partial charge in [0.2, 0.25) is 17.8 Å². The Morgan fingerprint density at radius 1 is 1.38 bits per heavy atom. The Bertz CT molecular complexity index is 722. The number of aromatic amines is 1. The van der Waals surface area contributed by atoms with Crippen LogP contribution in [0.25, 0.3) is 11.6 Å². The zero-order valence-corrected chi connectivity index (χ0v) is 13.8. The fraction of sp³-hybridized carbons (Fsp3) is 0.538. The van der Waals surface area contributed by atoms with Gasteiger partial charge in [-0.1, -0.05) is 18.2 Å². The Balaban J connectivity index is 0.00000208. The molecule has 0 saturated carbocycles. The zero-order chi connectivity index (χ0) is 16.5. The van der Waals surface area contributed by atoms with E-state index < -0.39 is 11.8 Å². The molecule has 11 heteroatoms. The van der Waals surface area contributed by atoms with Crippen molar-refractivity contribution in [2.75, 3.05) is 20.6 Å². The molecule has 2 heterocycles. The summed E-state index contributed by atoms with van der Waals surface area (Å²) in [7, 11) is 4.05. The molecule has 2 aromatic rings. The van der Waals surface area contributed by atoms with Crippen molar-refractivity contribution in [3.8, 4) is 11.6 Å². The van der Waals surface area contributed by atoms with Crippen molar-refractivity contribution in [3.05, 3.63) is 24.3 Å². The number of rotatable bonds is 5. The molecule has 1 aliphatic carbocycles. The second-order valence-corrected chi connectivity index (χ2v) is 6.13. The van der Waals surface area contributed by atoms with Crippen LogP contribution in [0.5, 0.6) is 0 Å². The first-order valence-electron chi connectivity index (χ1n) is 7.39. The minimum atomic E-state index is -1.12. The van der Waals surface area contributed by atoms with Crippen molar-refractivity contribution >= 4 is 0 Å². The monoisotopic (exact) mass is 335 g/mol. The molecule has 11 nitrogen and oxygen atoms in total. The maximum absolute atomic E-state index is 11.3. The highest BCUT2D eigenvalue weighted by atomic mass is 16.3. The first-order chi connectivity index (χ1) is 11.0. The first-order valence-corrected chi connectivity index (χ1v) is 7.39. The predicted molar refractivity (Wildman–Crippen MR) is 82.5 cm³/mol. The number of nitrogens with zero attached hydrogens (tertiary/aromatic N) is 8. The Morgan fingerprint density at radius 2 is 2.17 bits per heavy atom. The molecule has 3 N–H and O–H groups in total. The molecule has 1 aliphatic rings. The number of H-pyrrole nitrogens is 1. The van der Waals surface area contributed by atoms with Crippen LogP contribution in [0.2, 0.25) is 0 Å². The number of hydrogen-bond acceptors (Lipinski definition) is 8. The van der Waals surface area contributed by atoms with Crippen molar-refractivity contribution < 1.29 is 15.1 Å². The van der Waals surface area contributed by atoms with Crippen LogP contribution in [-0.2, 0) is 0 Å². The number of likely N-dealkylation sites (N-methyl/N-ethyl adjacent to an activating group) is 1. The van der Waals surface area contributed by atoms with Crippen LogP contribution in [0.15, 0.2) is 24.3 Å². The van der Waals surface area contributed by atoms with Crippen LogP contribution < -0.4 is 0 Å². The van der Waals surface area contributed by atoms with E-state index in [4.69, 9.17) is 0 Å². The van der Waals surface area contributed by atoms with Gasteiger partial charge >= 0.3 is 0 Å². The fourth-order valence-electron chi connectivity index (χ4n) is 2.87. The van der Waals surface area contributed by atoms with E-state index in [9.17, 15) is 5.11 Å². The van der Waals surface area contributed by atoms with Gasteiger partial charge in [0.05, 0.1) is 20.6 Å². The van der Waals surface area contributed by atoms with Crippen molar-refractivity contribution in [2.24, 2.45) is 0 Å². The summed E-state index contributed by atoms with van der Waals surface area (Å²) in [4.78, 5) is 0. The summed E-state index contributed by atoms with van der Waals surface area (Å²) in [6.45, 7) is 2.83. The predicted octanol–water partition coefficient (Wildman–Crippen LogP) is -0.481. The number of aromatic nitrogens is 8. The minimum Gasteiger partial charge on any atom is -0.870 e. The van der Waals surface area contributed by atoms with E-state index in [1.165, 1.54) is 0 Å². The van der Waals surface area contributed by atoms with Gasteiger partial charge < -0.3 is 15.1 Å². The lowest BCUT2D eigenvalue weighted by molar-refractivity contribution is -0.936. The average molecular weight is 335 g/mol. The van der Waals surface area contributed by atoms with Gasteiger partial charge in [-0.05, 0) is 28.6 Å². The third kappa shape index (κ3) is 2.96. The van der Waals surface area contributed by atoms with E-state index in [0.29, 0.717) is 16.7 Å². The Labute approximate surface area is 138 Å². The summed E-state index contributed by atoms with van der Waals surface area (Å²) >= 11 is 0. The molecule has 24 heavy (non-hydrogen) atoms. The van der Waals surface area contributed by atoms with E-state index >= 15 is 0 Å². The van der Waals surface area contributed by atoms with Crippen molar-refractivity contribution in [3.63, 3.8) is 0 Å². The lowest BCUT2D eigenvalue weighted by Crippen LogP contribution is -2.57. The number of quaternary nitrogens is 1. The molecule has 2 aromatic heterocycles. The van der Waals surface area contributed by atoms with Crippen molar-refractivity contribution in [1.29, 1.82) is 0 Å². The highest BCUT2D eigenvalue weighted by Crippen LogP contribution is 2.37. The third-order valence-electron chi connectivity index (χ3n) is 4.27. The van der Waals surface area contributed by atoms with Gasteiger partial charge in [0.15, 0.2) is 5.60 Å². The van der Waals surface area contributed by atoms with E-state index in [2.05, 4.69) is 43.1 Å². The molecule has 130 valence electrons. The lowest BCUT2D eigenvalue weighted by atomic mass is 9.90. The van der Waals surface area contributed by atoms with Gasteiger partial charge in [-0.3, -0.25) is 0 Å². The highest BCUT2D eigenvalue weighted by Gasteiger charge is 2.48. The van der Waals surface area contributed by atoms with Gasteiger partial charge in [0.1, 0.15) is 0 Å². The number of allylic oxidation sites excluding steroid dienone is 2. The minimum absolute atomic E-state index is 0. The van der Waals surface area contributed by atoms with E-state index in [1.54, 1.807) is 10.8 Å². The third-order valence-corrected chi connectivity index (χ3v) is 4.27. The molecular weight excluding hydrogens is 314 g/mol. The molecule has 0 bridgehead atoms. The summed E-state index contributed by atoms with van der Waals surface area (Å²) in [6.07, 6.45) is 7.50. The summed E-state index contributed by atoms with van der Waals surface area (Å²) in [5, 5.41) is 37.0. The average Bonchev–Trinajstić information content (AvgIpc) is 3.18.